The van der Waals surface area contributed by atoms with Crippen molar-refractivity contribution in [3.63, 3.8) is 0 Å². The minimum atomic E-state index is 0.344. The first kappa shape index (κ1) is 10.3. The lowest BCUT2D eigenvalue weighted by Gasteiger charge is -2.40. The number of halogens is 1. The summed E-state index contributed by atoms with van der Waals surface area (Å²) in [5.74, 6) is 1.41. The summed E-state index contributed by atoms with van der Waals surface area (Å²) in [4.78, 5) is 0. The molecule has 0 aliphatic heterocycles. The number of ether oxygens (including phenoxy) is 1. The molecule has 0 aromatic heterocycles. The van der Waals surface area contributed by atoms with Crippen molar-refractivity contribution in [2.45, 2.75) is 33.1 Å². The largest absolute Gasteiger partial charge is 0.381 e. The third-order valence-electron chi connectivity index (χ3n) is 2.56. The molecule has 0 aromatic rings. The van der Waals surface area contributed by atoms with E-state index in [1.54, 1.807) is 0 Å². The van der Waals surface area contributed by atoms with Gasteiger partial charge in [0.2, 0.25) is 0 Å². The van der Waals surface area contributed by atoms with Gasteiger partial charge in [-0.2, -0.15) is 0 Å². The molecule has 1 rings (SSSR count). The average Bonchev–Trinajstić information content (AvgIpc) is 1.94. The number of hydrogen-bond acceptors (Lipinski definition) is 1. The summed E-state index contributed by atoms with van der Waals surface area (Å²) in [6, 6.07) is 0. The van der Waals surface area contributed by atoms with Gasteiger partial charge in [0, 0.05) is 17.9 Å². The zero-order valence-electron chi connectivity index (χ0n) is 8.11. The standard InChI is InChI=1S/C10H19ClO/c1-9(2)6-12-8-10(7-11)4-3-5-10/h9H,3-8H2,1-2H3. The molecular formula is C10H19ClO. The quantitative estimate of drug-likeness (QED) is 0.606. The number of hydrogen-bond donors (Lipinski definition) is 0. The van der Waals surface area contributed by atoms with Crippen molar-refractivity contribution in [1.82, 2.24) is 0 Å². The molecule has 1 aliphatic carbocycles. The minimum Gasteiger partial charge on any atom is -0.381 e. The Morgan fingerprint density at radius 2 is 2.08 bits per heavy atom. The van der Waals surface area contributed by atoms with Crippen molar-refractivity contribution in [1.29, 1.82) is 0 Å². The Balaban J connectivity index is 2.12. The molecule has 0 heterocycles. The lowest BCUT2D eigenvalue weighted by atomic mass is 9.71. The highest BCUT2D eigenvalue weighted by Crippen LogP contribution is 2.42. The Labute approximate surface area is 80.4 Å². The van der Waals surface area contributed by atoms with Crippen molar-refractivity contribution in [3.8, 4) is 0 Å². The summed E-state index contributed by atoms with van der Waals surface area (Å²) in [5, 5.41) is 0. The Hall–Kier alpha value is 0.250. The highest BCUT2D eigenvalue weighted by Gasteiger charge is 2.36. The van der Waals surface area contributed by atoms with E-state index in [0.717, 1.165) is 19.1 Å². The van der Waals surface area contributed by atoms with Gasteiger partial charge >= 0.3 is 0 Å². The number of alkyl halides is 1. The first-order valence-corrected chi connectivity index (χ1v) is 5.36. The summed E-state index contributed by atoms with van der Waals surface area (Å²) in [6.07, 6.45) is 3.85. The Morgan fingerprint density at radius 1 is 1.42 bits per heavy atom. The molecule has 0 atom stereocenters. The summed E-state index contributed by atoms with van der Waals surface area (Å²) in [5.41, 5.74) is 0.344. The van der Waals surface area contributed by atoms with Crippen LogP contribution in [0.1, 0.15) is 33.1 Å². The molecule has 1 fully saturated rings. The highest BCUT2D eigenvalue weighted by molar-refractivity contribution is 6.18. The SMILES string of the molecule is CC(C)COCC1(CCl)CCC1. The smallest absolute Gasteiger partial charge is 0.0533 e. The molecular weight excluding hydrogens is 172 g/mol. The van der Waals surface area contributed by atoms with Crippen LogP contribution in [0.2, 0.25) is 0 Å². The van der Waals surface area contributed by atoms with Crippen LogP contribution in [-0.2, 0) is 4.74 Å². The van der Waals surface area contributed by atoms with Crippen LogP contribution in [0.15, 0.2) is 0 Å². The lowest BCUT2D eigenvalue weighted by Crippen LogP contribution is -2.36. The predicted octanol–water partition coefficient (Wildman–Crippen LogP) is 3.07. The van der Waals surface area contributed by atoms with Gasteiger partial charge in [0.1, 0.15) is 0 Å². The average molecular weight is 191 g/mol. The Morgan fingerprint density at radius 3 is 2.42 bits per heavy atom. The van der Waals surface area contributed by atoms with Crippen LogP contribution in [-0.4, -0.2) is 19.1 Å². The third kappa shape index (κ3) is 2.63. The van der Waals surface area contributed by atoms with Gasteiger partial charge in [-0.15, -0.1) is 11.6 Å². The molecule has 12 heavy (non-hydrogen) atoms. The van der Waals surface area contributed by atoms with Gasteiger partial charge in [-0.25, -0.2) is 0 Å². The zero-order chi connectivity index (χ0) is 9.03. The van der Waals surface area contributed by atoms with Crippen LogP contribution < -0.4 is 0 Å². The van der Waals surface area contributed by atoms with Gasteiger partial charge in [0.15, 0.2) is 0 Å². The van der Waals surface area contributed by atoms with E-state index in [1.807, 2.05) is 0 Å². The molecule has 0 N–H and O–H groups in total. The summed E-state index contributed by atoms with van der Waals surface area (Å²) >= 11 is 5.90. The molecule has 0 spiro atoms. The van der Waals surface area contributed by atoms with E-state index in [1.165, 1.54) is 19.3 Å². The number of rotatable bonds is 5. The fourth-order valence-corrected chi connectivity index (χ4v) is 1.85. The van der Waals surface area contributed by atoms with E-state index in [4.69, 9.17) is 16.3 Å². The normalized spacial score (nSPS) is 21.0. The fourth-order valence-electron chi connectivity index (χ4n) is 1.50. The molecule has 0 amide bonds. The van der Waals surface area contributed by atoms with Crippen LogP contribution in [0, 0.1) is 11.3 Å². The van der Waals surface area contributed by atoms with Crippen molar-refractivity contribution >= 4 is 11.6 Å². The molecule has 1 saturated carbocycles. The molecule has 0 aromatic carbocycles. The van der Waals surface area contributed by atoms with Crippen LogP contribution >= 0.6 is 11.6 Å². The zero-order valence-corrected chi connectivity index (χ0v) is 8.86. The second kappa shape index (κ2) is 4.48. The van der Waals surface area contributed by atoms with Crippen molar-refractivity contribution in [2.75, 3.05) is 19.1 Å². The summed E-state index contributed by atoms with van der Waals surface area (Å²) in [7, 11) is 0. The van der Waals surface area contributed by atoms with Gasteiger partial charge < -0.3 is 4.74 Å². The van der Waals surface area contributed by atoms with Gasteiger partial charge in [0.05, 0.1) is 6.61 Å². The van der Waals surface area contributed by atoms with Crippen LogP contribution in [0.25, 0.3) is 0 Å². The Kier molecular flexibility index (Phi) is 3.85. The van der Waals surface area contributed by atoms with Crippen LogP contribution in [0.3, 0.4) is 0 Å². The fraction of sp³-hybridized carbons (Fsp3) is 1.00. The predicted molar refractivity (Wildman–Crippen MR) is 52.7 cm³/mol. The maximum atomic E-state index is 5.90. The lowest BCUT2D eigenvalue weighted by molar-refractivity contribution is -0.000656. The molecule has 2 heteroatoms. The first-order valence-electron chi connectivity index (χ1n) is 4.82. The maximum absolute atomic E-state index is 5.90. The van der Waals surface area contributed by atoms with Crippen molar-refractivity contribution < 1.29 is 4.74 Å². The molecule has 72 valence electrons. The second-order valence-electron chi connectivity index (χ2n) is 4.40. The molecule has 0 saturated heterocycles. The van der Waals surface area contributed by atoms with Crippen LogP contribution in [0.4, 0.5) is 0 Å². The molecule has 0 radical (unpaired) electrons. The Bertz CT molecular complexity index is 124. The van der Waals surface area contributed by atoms with Crippen molar-refractivity contribution in [3.05, 3.63) is 0 Å². The van der Waals surface area contributed by atoms with E-state index in [0.29, 0.717) is 11.3 Å². The molecule has 1 aliphatic rings. The van der Waals surface area contributed by atoms with Crippen LogP contribution in [0.5, 0.6) is 0 Å². The topological polar surface area (TPSA) is 9.23 Å². The van der Waals surface area contributed by atoms with E-state index in [2.05, 4.69) is 13.8 Å². The third-order valence-corrected chi connectivity index (χ3v) is 3.12. The molecule has 1 nitrogen and oxygen atoms in total. The highest BCUT2D eigenvalue weighted by atomic mass is 35.5. The van der Waals surface area contributed by atoms with Gasteiger partial charge in [-0.1, -0.05) is 20.3 Å². The minimum absolute atomic E-state index is 0.344. The van der Waals surface area contributed by atoms with Crippen molar-refractivity contribution in [2.24, 2.45) is 11.3 Å². The van der Waals surface area contributed by atoms with E-state index < -0.39 is 0 Å². The first-order chi connectivity index (χ1) is 5.68. The van der Waals surface area contributed by atoms with E-state index in [9.17, 15) is 0 Å². The molecule has 0 unspecified atom stereocenters. The van der Waals surface area contributed by atoms with Gasteiger partial charge in [-0.05, 0) is 18.8 Å². The van der Waals surface area contributed by atoms with E-state index >= 15 is 0 Å². The van der Waals surface area contributed by atoms with Gasteiger partial charge in [-0.3, -0.25) is 0 Å². The summed E-state index contributed by atoms with van der Waals surface area (Å²) in [6.45, 7) is 6.09. The van der Waals surface area contributed by atoms with Gasteiger partial charge in [0.25, 0.3) is 0 Å². The molecule has 0 bridgehead atoms. The summed E-state index contributed by atoms with van der Waals surface area (Å²) < 4.78 is 5.61. The maximum Gasteiger partial charge on any atom is 0.0533 e. The monoisotopic (exact) mass is 190 g/mol. The van der Waals surface area contributed by atoms with E-state index in [-0.39, 0.29) is 0 Å². The second-order valence-corrected chi connectivity index (χ2v) is 4.66.